The highest BCUT2D eigenvalue weighted by Crippen LogP contribution is 2.41. The van der Waals surface area contributed by atoms with Crippen molar-refractivity contribution in [2.24, 2.45) is 5.73 Å². The number of methoxy groups -OCH3 is 2. The van der Waals surface area contributed by atoms with Crippen molar-refractivity contribution in [3.8, 4) is 11.5 Å². The lowest BCUT2D eigenvalue weighted by Crippen LogP contribution is -2.01. The third-order valence-electron chi connectivity index (χ3n) is 2.64. The summed E-state index contributed by atoms with van der Waals surface area (Å²) >= 11 is 0. The quantitative estimate of drug-likeness (QED) is 0.791. The summed E-state index contributed by atoms with van der Waals surface area (Å²) in [7, 11) is 3.32. The summed E-state index contributed by atoms with van der Waals surface area (Å²) in [5.74, 6) is 2.15. The zero-order valence-corrected chi connectivity index (χ0v) is 8.49. The minimum atomic E-state index is 0.312. The largest absolute Gasteiger partial charge is 0.497 e. The molecule has 0 saturated heterocycles. The molecule has 3 nitrogen and oxygen atoms in total. The number of hydrogen-bond acceptors (Lipinski definition) is 3. The lowest BCUT2D eigenvalue weighted by atomic mass is 10.1. The molecule has 0 aromatic heterocycles. The van der Waals surface area contributed by atoms with Crippen molar-refractivity contribution in [2.45, 2.75) is 18.4 Å². The van der Waals surface area contributed by atoms with Gasteiger partial charge in [0, 0.05) is 18.0 Å². The normalized spacial score (nSPS) is 24.5. The molecular weight excluding hydrogens is 178 g/mol. The van der Waals surface area contributed by atoms with Crippen molar-refractivity contribution in [3.63, 3.8) is 0 Å². The van der Waals surface area contributed by atoms with Crippen LogP contribution in [0.25, 0.3) is 0 Å². The van der Waals surface area contributed by atoms with Crippen LogP contribution >= 0.6 is 0 Å². The second-order valence-electron chi connectivity index (χ2n) is 3.65. The van der Waals surface area contributed by atoms with E-state index in [-0.39, 0.29) is 0 Å². The Bertz CT molecular complexity index is 316. The van der Waals surface area contributed by atoms with Crippen molar-refractivity contribution < 1.29 is 9.47 Å². The van der Waals surface area contributed by atoms with Crippen molar-refractivity contribution in [1.29, 1.82) is 0 Å². The van der Waals surface area contributed by atoms with Gasteiger partial charge in [0.1, 0.15) is 11.5 Å². The van der Waals surface area contributed by atoms with Crippen molar-refractivity contribution in [2.75, 3.05) is 14.2 Å². The predicted octanol–water partition coefficient (Wildman–Crippen LogP) is 1.52. The molecule has 3 heteroatoms. The SMILES string of the molecule is COc1cc(OC)cc([C@H]2C[C@H]2N)c1. The highest BCUT2D eigenvalue weighted by atomic mass is 16.5. The maximum Gasteiger partial charge on any atom is 0.122 e. The molecule has 1 saturated carbocycles. The Morgan fingerprint density at radius 1 is 1.14 bits per heavy atom. The Labute approximate surface area is 83.8 Å². The highest BCUT2D eigenvalue weighted by Gasteiger charge is 2.35. The van der Waals surface area contributed by atoms with Gasteiger partial charge < -0.3 is 15.2 Å². The van der Waals surface area contributed by atoms with Crippen molar-refractivity contribution in [3.05, 3.63) is 23.8 Å². The Morgan fingerprint density at radius 3 is 2.00 bits per heavy atom. The topological polar surface area (TPSA) is 44.5 Å². The summed E-state index contributed by atoms with van der Waals surface area (Å²) in [4.78, 5) is 0. The first-order chi connectivity index (χ1) is 6.74. The fraction of sp³-hybridized carbons (Fsp3) is 0.455. The molecule has 2 N–H and O–H groups in total. The Balaban J connectivity index is 2.30. The zero-order valence-electron chi connectivity index (χ0n) is 8.49. The zero-order chi connectivity index (χ0) is 10.1. The second-order valence-corrected chi connectivity index (χ2v) is 3.65. The van der Waals surface area contributed by atoms with Crippen LogP contribution in [0.3, 0.4) is 0 Å². The van der Waals surface area contributed by atoms with Crippen LogP contribution in [0.2, 0.25) is 0 Å². The average Bonchev–Trinajstić information content (AvgIpc) is 2.94. The van der Waals surface area contributed by atoms with Crippen LogP contribution < -0.4 is 15.2 Å². The molecule has 2 rings (SSSR count). The van der Waals surface area contributed by atoms with Gasteiger partial charge in [-0.25, -0.2) is 0 Å². The van der Waals surface area contributed by atoms with Crippen LogP contribution in [0.15, 0.2) is 18.2 Å². The van der Waals surface area contributed by atoms with Gasteiger partial charge in [0.2, 0.25) is 0 Å². The number of benzene rings is 1. The molecule has 0 radical (unpaired) electrons. The van der Waals surface area contributed by atoms with E-state index < -0.39 is 0 Å². The molecule has 0 unspecified atom stereocenters. The fourth-order valence-corrected chi connectivity index (χ4v) is 1.64. The average molecular weight is 193 g/mol. The van der Waals surface area contributed by atoms with E-state index in [0.29, 0.717) is 12.0 Å². The van der Waals surface area contributed by atoms with Gasteiger partial charge in [0.15, 0.2) is 0 Å². The van der Waals surface area contributed by atoms with E-state index in [1.54, 1.807) is 14.2 Å². The fourth-order valence-electron chi connectivity index (χ4n) is 1.64. The van der Waals surface area contributed by atoms with E-state index in [4.69, 9.17) is 15.2 Å². The lowest BCUT2D eigenvalue weighted by molar-refractivity contribution is 0.393. The maximum atomic E-state index is 5.80. The van der Waals surface area contributed by atoms with E-state index in [1.165, 1.54) is 5.56 Å². The third kappa shape index (κ3) is 1.68. The molecule has 0 bridgehead atoms. The van der Waals surface area contributed by atoms with Crippen LogP contribution in [-0.2, 0) is 0 Å². The summed E-state index contributed by atoms with van der Waals surface area (Å²) in [6.07, 6.45) is 1.07. The van der Waals surface area contributed by atoms with Gasteiger partial charge in [-0.3, -0.25) is 0 Å². The predicted molar refractivity (Wildman–Crippen MR) is 54.9 cm³/mol. The summed E-state index contributed by atoms with van der Waals surface area (Å²) in [6, 6.07) is 6.24. The van der Waals surface area contributed by atoms with Crippen molar-refractivity contribution >= 4 is 0 Å². The summed E-state index contributed by atoms with van der Waals surface area (Å²) in [6.45, 7) is 0. The van der Waals surface area contributed by atoms with E-state index in [9.17, 15) is 0 Å². The first kappa shape index (κ1) is 9.34. The minimum absolute atomic E-state index is 0.312. The number of rotatable bonds is 3. The van der Waals surface area contributed by atoms with Crippen LogP contribution in [0, 0.1) is 0 Å². The highest BCUT2D eigenvalue weighted by molar-refractivity contribution is 5.42. The molecule has 1 fully saturated rings. The molecule has 1 aliphatic carbocycles. The van der Waals surface area contributed by atoms with Crippen LogP contribution in [0.1, 0.15) is 17.9 Å². The maximum absolute atomic E-state index is 5.80. The van der Waals surface area contributed by atoms with E-state index >= 15 is 0 Å². The van der Waals surface area contributed by atoms with Gasteiger partial charge in [-0.1, -0.05) is 0 Å². The monoisotopic (exact) mass is 193 g/mol. The molecular formula is C11H15NO2. The Morgan fingerprint density at radius 2 is 1.64 bits per heavy atom. The van der Waals surface area contributed by atoms with E-state index in [2.05, 4.69) is 0 Å². The Kier molecular flexibility index (Phi) is 2.33. The van der Waals surface area contributed by atoms with Gasteiger partial charge in [-0.15, -0.1) is 0 Å². The van der Waals surface area contributed by atoms with E-state index in [1.807, 2.05) is 18.2 Å². The first-order valence-electron chi connectivity index (χ1n) is 4.73. The summed E-state index contributed by atoms with van der Waals surface area (Å²) in [5, 5.41) is 0. The van der Waals surface area contributed by atoms with E-state index in [0.717, 1.165) is 17.9 Å². The molecule has 0 aliphatic heterocycles. The molecule has 1 aromatic carbocycles. The molecule has 1 aromatic rings. The van der Waals surface area contributed by atoms with Gasteiger partial charge in [-0.05, 0) is 24.1 Å². The van der Waals surface area contributed by atoms with Crippen molar-refractivity contribution in [1.82, 2.24) is 0 Å². The molecule has 2 atom stereocenters. The number of ether oxygens (including phenoxy) is 2. The first-order valence-corrected chi connectivity index (χ1v) is 4.73. The standard InChI is InChI=1S/C11H15NO2/c1-13-8-3-7(10-6-11(10)12)4-9(5-8)14-2/h3-5,10-11H,6,12H2,1-2H3/t10-,11-/m1/s1. The van der Waals surface area contributed by atoms with Gasteiger partial charge in [-0.2, -0.15) is 0 Å². The second kappa shape index (κ2) is 3.50. The lowest BCUT2D eigenvalue weighted by Gasteiger charge is -2.07. The third-order valence-corrected chi connectivity index (χ3v) is 2.64. The van der Waals surface area contributed by atoms with Crippen LogP contribution in [0.4, 0.5) is 0 Å². The molecule has 0 amide bonds. The van der Waals surface area contributed by atoms with Crippen LogP contribution in [0.5, 0.6) is 11.5 Å². The molecule has 0 heterocycles. The molecule has 1 aliphatic rings. The summed E-state index contributed by atoms with van der Waals surface area (Å²) in [5.41, 5.74) is 7.02. The Hall–Kier alpha value is -1.22. The molecule has 0 spiro atoms. The number of nitrogens with two attached hydrogens (primary N) is 1. The smallest absolute Gasteiger partial charge is 0.122 e. The summed E-state index contributed by atoms with van der Waals surface area (Å²) < 4.78 is 10.4. The van der Waals surface area contributed by atoms with Gasteiger partial charge in [0.05, 0.1) is 14.2 Å². The number of hydrogen-bond donors (Lipinski definition) is 1. The van der Waals surface area contributed by atoms with Crippen LogP contribution in [-0.4, -0.2) is 20.3 Å². The minimum Gasteiger partial charge on any atom is -0.497 e. The van der Waals surface area contributed by atoms with Gasteiger partial charge in [0.25, 0.3) is 0 Å². The molecule has 76 valence electrons. The van der Waals surface area contributed by atoms with Gasteiger partial charge >= 0.3 is 0 Å². The molecule has 14 heavy (non-hydrogen) atoms.